The molecule has 2 heterocycles. The number of carbonyl (C=O) groups excluding carboxylic acids is 1. The Morgan fingerprint density at radius 2 is 2.08 bits per heavy atom. The third kappa shape index (κ3) is 5.72. The summed E-state index contributed by atoms with van der Waals surface area (Å²) in [5.41, 5.74) is 0.0282. The predicted molar refractivity (Wildman–Crippen MR) is 92.2 cm³/mol. The van der Waals surface area contributed by atoms with Crippen molar-refractivity contribution in [1.29, 1.82) is 0 Å². The first-order valence-electron chi connectivity index (χ1n) is 8.68. The molecule has 1 N–H and O–H groups in total. The van der Waals surface area contributed by atoms with E-state index in [0.717, 1.165) is 32.0 Å². The summed E-state index contributed by atoms with van der Waals surface area (Å²) in [7, 11) is 1.56. The molecule has 1 aromatic rings. The molecule has 0 saturated carbocycles. The summed E-state index contributed by atoms with van der Waals surface area (Å²) in [6.45, 7) is 6.95. The van der Waals surface area contributed by atoms with Crippen LogP contribution in [0.25, 0.3) is 0 Å². The highest BCUT2D eigenvalue weighted by Crippen LogP contribution is 2.15. The van der Waals surface area contributed by atoms with Crippen molar-refractivity contribution in [2.45, 2.75) is 32.7 Å². The Kier molecular flexibility index (Phi) is 7.39. The van der Waals surface area contributed by atoms with Crippen LogP contribution in [0.5, 0.6) is 0 Å². The summed E-state index contributed by atoms with van der Waals surface area (Å²) in [5.74, 6) is 0.592. The van der Waals surface area contributed by atoms with Gasteiger partial charge in [0.05, 0.1) is 13.2 Å². The highest BCUT2D eigenvalue weighted by atomic mass is 16.5. The van der Waals surface area contributed by atoms with Gasteiger partial charge in [-0.25, -0.2) is 4.68 Å². The number of hydrogen-bond donors (Lipinski definition) is 1. The molecule has 0 aromatic carbocycles. The summed E-state index contributed by atoms with van der Waals surface area (Å²) in [6.07, 6.45) is 3.45. The average molecular weight is 336 g/mol. The minimum Gasteiger partial charge on any atom is -0.383 e. The third-order valence-electron chi connectivity index (χ3n) is 4.42. The number of likely N-dealkylation sites (tertiary alicyclic amines) is 1. The highest BCUT2D eigenvalue weighted by Gasteiger charge is 2.15. The Morgan fingerprint density at radius 3 is 2.79 bits per heavy atom. The first kappa shape index (κ1) is 18.6. The molecule has 1 aliphatic heterocycles. The van der Waals surface area contributed by atoms with Gasteiger partial charge in [0.1, 0.15) is 5.69 Å². The predicted octanol–water partition coefficient (Wildman–Crippen LogP) is 0.742. The van der Waals surface area contributed by atoms with Gasteiger partial charge in [0.15, 0.2) is 0 Å². The van der Waals surface area contributed by atoms with Crippen LogP contribution in [0.3, 0.4) is 0 Å². The third-order valence-corrected chi connectivity index (χ3v) is 4.42. The van der Waals surface area contributed by atoms with Crippen LogP contribution in [0.4, 0.5) is 0 Å². The Balaban J connectivity index is 1.75. The largest absolute Gasteiger partial charge is 0.383 e. The fraction of sp³-hybridized carbons (Fsp3) is 0.706. The monoisotopic (exact) mass is 336 g/mol. The number of nitrogens with zero attached hydrogens (tertiary/aromatic N) is 3. The van der Waals surface area contributed by atoms with Gasteiger partial charge < -0.3 is 15.0 Å². The first-order valence-corrected chi connectivity index (χ1v) is 8.68. The Labute approximate surface area is 143 Å². The topological polar surface area (TPSA) is 76.5 Å². The molecule has 1 aromatic heterocycles. The summed E-state index contributed by atoms with van der Waals surface area (Å²) in [6, 6.07) is 2.83. The van der Waals surface area contributed by atoms with Crippen LogP contribution < -0.4 is 10.9 Å². The number of aromatic nitrogens is 2. The summed E-state index contributed by atoms with van der Waals surface area (Å²) < 4.78 is 6.20. The fourth-order valence-corrected chi connectivity index (χ4v) is 2.79. The van der Waals surface area contributed by atoms with Gasteiger partial charge in [-0.15, -0.1) is 0 Å². The van der Waals surface area contributed by atoms with E-state index in [1.54, 1.807) is 7.11 Å². The maximum absolute atomic E-state index is 12.1. The van der Waals surface area contributed by atoms with E-state index in [1.165, 1.54) is 29.7 Å². The zero-order valence-electron chi connectivity index (χ0n) is 14.7. The molecule has 0 atom stereocenters. The number of rotatable bonds is 8. The normalized spacial score (nSPS) is 16.2. The van der Waals surface area contributed by atoms with Crippen molar-refractivity contribution in [2.75, 3.05) is 39.9 Å². The molecule has 0 spiro atoms. The van der Waals surface area contributed by atoms with Crippen molar-refractivity contribution in [3.05, 3.63) is 28.2 Å². The standard InChI is InChI=1S/C17H28N4O3/c1-14-6-10-20(11-7-14)9-3-8-18-17(23)15-4-5-16(22)21(19-15)12-13-24-2/h4-5,14H,3,6-13H2,1-2H3,(H,18,23). The van der Waals surface area contributed by atoms with E-state index < -0.39 is 0 Å². The van der Waals surface area contributed by atoms with Crippen LogP contribution in [-0.2, 0) is 11.3 Å². The van der Waals surface area contributed by atoms with Crippen LogP contribution in [-0.4, -0.2) is 60.5 Å². The lowest BCUT2D eigenvalue weighted by atomic mass is 9.99. The Morgan fingerprint density at radius 1 is 1.33 bits per heavy atom. The van der Waals surface area contributed by atoms with E-state index in [-0.39, 0.29) is 17.2 Å². The lowest BCUT2D eigenvalue weighted by Gasteiger charge is -2.30. The van der Waals surface area contributed by atoms with Crippen molar-refractivity contribution >= 4 is 5.91 Å². The molecule has 0 aliphatic carbocycles. The van der Waals surface area contributed by atoms with Crippen molar-refractivity contribution in [2.24, 2.45) is 5.92 Å². The van der Waals surface area contributed by atoms with E-state index in [1.807, 2.05) is 0 Å². The van der Waals surface area contributed by atoms with E-state index >= 15 is 0 Å². The highest BCUT2D eigenvalue weighted by molar-refractivity contribution is 5.91. The molecule has 2 rings (SSSR count). The molecule has 7 nitrogen and oxygen atoms in total. The molecule has 0 unspecified atom stereocenters. The molecule has 1 saturated heterocycles. The van der Waals surface area contributed by atoms with Gasteiger partial charge in [-0.1, -0.05) is 6.92 Å². The molecule has 0 bridgehead atoms. The van der Waals surface area contributed by atoms with Gasteiger partial charge >= 0.3 is 0 Å². The molecule has 134 valence electrons. The maximum atomic E-state index is 12.1. The van der Waals surface area contributed by atoms with Crippen LogP contribution in [0.1, 0.15) is 36.7 Å². The van der Waals surface area contributed by atoms with Crippen molar-refractivity contribution in [3.63, 3.8) is 0 Å². The SMILES string of the molecule is COCCn1nc(C(=O)NCCCN2CCC(C)CC2)ccc1=O. The Hall–Kier alpha value is -1.73. The van der Waals surface area contributed by atoms with E-state index in [0.29, 0.717) is 19.7 Å². The number of amides is 1. The molecular weight excluding hydrogens is 308 g/mol. The van der Waals surface area contributed by atoms with Gasteiger partial charge in [-0.05, 0) is 50.9 Å². The lowest BCUT2D eigenvalue weighted by Crippen LogP contribution is -2.36. The summed E-state index contributed by atoms with van der Waals surface area (Å²) in [5, 5.41) is 6.96. The van der Waals surface area contributed by atoms with E-state index in [9.17, 15) is 9.59 Å². The molecule has 1 amide bonds. The van der Waals surface area contributed by atoms with Gasteiger partial charge in [-0.2, -0.15) is 5.10 Å². The van der Waals surface area contributed by atoms with Gasteiger partial charge in [0.2, 0.25) is 0 Å². The van der Waals surface area contributed by atoms with Crippen LogP contribution in [0.2, 0.25) is 0 Å². The Bertz CT molecular complexity index is 579. The van der Waals surface area contributed by atoms with Gasteiger partial charge in [0, 0.05) is 19.7 Å². The number of methoxy groups -OCH3 is 1. The number of nitrogens with one attached hydrogen (secondary N) is 1. The van der Waals surface area contributed by atoms with Crippen molar-refractivity contribution < 1.29 is 9.53 Å². The number of ether oxygens (including phenoxy) is 1. The average Bonchev–Trinajstić information content (AvgIpc) is 2.59. The molecule has 24 heavy (non-hydrogen) atoms. The van der Waals surface area contributed by atoms with Gasteiger partial charge in [-0.3, -0.25) is 9.59 Å². The smallest absolute Gasteiger partial charge is 0.271 e. The van der Waals surface area contributed by atoms with Gasteiger partial charge in [0.25, 0.3) is 11.5 Å². The van der Waals surface area contributed by atoms with E-state index in [4.69, 9.17) is 4.74 Å². The molecule has 0 radical (unpaired) electrons. The number of carbonyl (C=O) groups is 1. The quantitative estimate of drug-likeness (QED) is 0.709. The number of hydrogen-bond acceptors (Lipinski definition) is 5. The summed E-state index contributed by atoms with van der Waals surface area (Å²) in [4.78, 5) is 26.3. The second-order valence-corrected chi connectivity index (χ2v) is 6.41. The molecule has 1 aliphatic rings. The summed E-state index contributed by atoms with van der Waals surface area (Å²) >= 11 is 0. The second kappa shape index (κ2) is 9.54. The molecule has 7 heteroatoms. The lowest BCUT2D eigenvalue weighted by molar-refractivity contribution is 0.0942. The zero-order valence-corrected chi connectivity index (χ0v) is 14.7. The van der Waals surface area contributed by atoms with Crippen LogP contribution in [0.15, 0.2) is 16.9 Å². The second-order valence-electron chi connectivity index (χ2n) is 6.41. The van der Waals surface area contributed by atoms with Crippen LogP contribution >= 0.6 is 0 Å². The molecular formula is C17H28N4O3. The van der Waals surface area contributed by atoms with Crippen molar-refractivity contribution in [3.8, 4) is 0 Å². The molecule has 1 fully saturated rings. The van der Waals surface area contributed by atoms with Crippen molar-refractivity contribution in [1.82, 2.24) is 20.0 Å². The maximum Gasteiger partial charge on any atom is 0.271 e. The minimum atomic E-state index is -0.242. The van der Waals surface area contributed by atoms with Crippen LogP contribution in [0, 0.1) is 5.92 Å². The zero-order chi connectivity index (χ0) is 17.4. The minimum absolute atomic E-state index is 0.233. The fourth-order valence-electron chi connectivity index (χ4n) is 2.79. The van der Waals surface area contributed by atoms with E-state index in [2.05, 4.69) is 22.2 Å². The number of piperidine rings is 1. The first-order chi connectivity index (χ1) is 11.6.